The van der Waals surface area contributed by atoms with Gasteiger partial charge in [0.25, 0.3) is 0 Å². The van der Waals surface area contributed by atoms with Gasteiger partial charge in [0.05, 0.1) is 4.90 Å². The van der Waals surface area contributed by atoms with Crippen LogP contribution < -0.4 is 5.32 Å². The van der Waals surface area contributed by atoms with E-state index in [9.17, 15) is 17.6 Å². The van der Waals surface area contributed by atoms with Gasteiger partial charge in [0, 0.05) is 24.6 Å². The van der Waals surface area contributed by atoms with Gasteiger partial charge in [0.1, 0.15) is 5.82 Å². The van der Waals surface area contributed by atoms with Gasteiger partial charge >= 0.3 is 6.01 Å². The molecule has 1 N–H and O–H groups in total. The van der Waals surface area contributed by atoms with Crippen molar-refractivity contribution in [3.05, 3.63) is 59.9 Å². The van der Waals surface area contributed by atoms with E-state index >= 15 is 0 Å². The maximum atomic E-state index is 13.3. The summed E-state index contributed by atoms with van der Waals surface area (Å²) in [4.78, 5) is 12.8. The predicted octanol–water partition coefficient (Wildman–Crippen LogP) is 3.22. The molecule has 8 nitrogen and oxygen atoms in total. The molecule has 0 bridgehead atoms. The van der Waals surface area contributed by atoms with Crippen LogP contribution in [0.4, 0.5) is 10.4 Å². The number of halogens is 1. The molecular formula is C21H21FN4O4S. The van der Waals surface area contributed by atoms with Gasteiger partial charge in [-0.3, -0.25) is 10.1 Å². The highest BCUT2D eigenvalue weighted by Gasteiger charge is 2.32. The van der Waals surface area contributed by atoms with E-state index in [1.165, 1.54) is 22.5 Å². The Bertz CT molecular complexity index is 1190. The molecule has 0 aliphatic carbocycles. The Morgan fingerprint density at radius 3 is 2.52 bits per heavy atom. The quantitative estimate of drug-likeness (QED) is 0.648. The van der Waals surface area contributed by atoms with Crippen LogP contribution in [0.25, 0.3) is 11.5 Å². The third-order valence-corrected chi connectivity index (χ3v) is 7.12. The normalized spacial score (nSPS) is 15.7. The number of benzene rings is 2. The van der Waals surface area contributed by atoms with Gasteiger partial charge in [-0.15, -0.1) is 5.10 Å². The van der Waals surface area contributed by atoms with Crippen molar-refractivity contribution >= 4 is 21.9 Å². The Morgan fingerprint density at radius 1 is 1.13 bits per heavy atom. The van der Waals surface area contributed by atoms with Gasteiger partial charge in [-0.1, -0.05) is 28.9 Å². The van der Waals surface area contributed by atoms with Crippen LogP contribution in [0.5, 0.6) is 0 Å². The summed E-state index contributed by atoms with van der Waals surface area (Å²) >= 11 is 0. The Labute approximate surface area is 179 Å². The lowest BCUT2D eigenvalue weighted by Crippen LogP contribution is -2.41. The van der Waals surface area contributed by atoms with Crippen LogP contribution in [0.2, 0.25) is 0 Å². The van der Waals surface area contributed by atoms with E-state index < -0.39 is 15.8 Å². The number of nitrogens with one attached hydrogen (secondary N) is 1. The highest BCUT2D eigenvalue weighted by molar-refractivity contribution is 7.89. The molecule has 1 amide bonds. The molecular weight excluding hydrogens is 423 g/mol. The molecule has 1 aromatic heterocycles. The van der Waals surface area contributed by atoms with E-state index in [0.717, 1.165) is 5.56 Å². The molecule has 10 heteroatoms. The zero-order chi connectivity index (χ0) is 22.0. The summed E-state index contributed by atoms with van der Waals surface area (Å²) in [5.74, 6) is -1.04. The van der Waals surface area contributed by atoms with Crippen molar-refractivity contribution in [2.24, 2.45) is 5.92 Å². The summed E-state index contributed by atoms with van der Waals surface area (Å²) in [5.41, 5.74) is 1.39. The number of aromatic nitrogens is 2. The molecule has 2 heterocycles. The maximum Gasteiger partial charge on any atom is 0.322 e. The summed E-state index contributed by atoms with van der Waals surface area (Å²) in [6, 6.07) is 12.3. The molecule has 1 aliphatic rings. The fourth-order valence-electron chi connectivity index (χ4n) is 3.44. The fourth-order valence-corrected chi connectivity index (χ4v) is 4.91. The molecule has 31 heavy (non-hydrogen) atoms. The number of hydrogen-bond donors (Lipinski definition) is 1. The highest BCUT2D eigenvalue weighted by Crippen LogP contribution is 2.26. The van der Waals surface area contributed by atoms with E-state index in [4.69, 9.17) is 4.42 Å². The Morgan fingerprint density at radius 2 is 1.84 bits per heavy atom. The third-order valence-electron chi connectivity index (χ3n) is 5.21. The molecule has 0 spiro atoms. The zero-order valence-electron chi connectivity index (χ0n) is 16.8. The first-order valence-electron chi connectivity index (χ1n) is 9.80. The fraction of sp³-hybridized carbons (Fsp3) is 0.286. The van der Waals surface area contributed by atoms with Crippen LogP contribution >= 0.6 is 0 Å². The zero-order valence-corrected chi connectivity index (χ0v) is 17.6. The number of carbonyl (C=O) groups excluding carboxylic acids is 1. The molecule has 1 aliphatic heterocycles. The summed E-state index contributed by atoms with van der Waals surface area (Å²) < 4.78 is 45.7. The van der Waals surface area contributed by atoms with Crippen LogP contribution in [0.3, 0.4) is 0 Å². The highest BCUT2D eigenvalue weighted by atomic mass is 32.2. The largest absolute Gasteiger partial charge is 0.403 e. The minimum atomic E-state index is -3.59. The Balaban J connectivity index is 1.36. The van der Waals surface area contributed by atoms with E-state index in [1.807, 2.05) is 6.92 Å². The smallest absolute Gasteiger partial charge is 0.322 e. The molecule has 0 atom stereocenters. The summed E-state index contributed by atoms with van der Waals surface area (Å²) in [7, 11) is -3.59. The second-order valence-corrected chi connectivity index (χ2v) is 9.34. The van der Waals surface area contributed by atoms with Crippen molar-refractivity contribution in [3.8, 4) is 11.5 Å². The first-order chi connectivity index (χ1) is 14.8. The van der Waals surface area contributed by atoms with Gasteiger partial charge in [-0.05, 0) is 50.1 Å². The third kappa shape index (κ3) is 4.64. The maximum absolute atomic E-state index is 13.3. The topological polar surface area (TPSA) is 105 Å². The van der Waals surface area contributed by atoms with E-state index in [1.54, 1.807) is 30.3 Å². The van der Waals surface area contributed by atoms with Crippen molar-refractivity contribution in [3.63, 3.8) is 0 Å². The Kier molecular flexibility index (Phi) is 5.84. The monoisotopic (exact) mass is 444 g/mol. The van der Waals surface area contributed by atoms with Crippen LogP contribution in [0.1, 0.15) is 18.4 Å². The average molecular weight is 444 g/mol. The van der Waals surface area contributed by atoms with Crippen LogP contribution in [-0.2, 0) is 14.8 Å². The predicted molar refractivity (Wildman–Crippen MR) is 111 cm³/mol. The molecule has 0 radical (unpaired) electrons. The molecule has 1 saturated heterocycles. The van der Waals surface area contributed by atoms with Gasteiger partial charge in [0.2, 0.25) is 21.8 Å². The van der Waals surface area contributed by atoms with Crippen LogP contribution in [-0.4, -0.2) is 41.9 Å². The van der Waals surface area contributed by atoms with Gasteiger partial charge in [0.15, 0.2) is 0 Å². The number of anilines is 1. The summed E-state index contributed by atoms with van der Waals surface area (Å²) in [6.45, 7) is 2.38. The molecule has 0 saturated carbocycles. The standard InChI is InChI=1S/C21H21FN4O4S/c1-14-5-7-18(8-6-14)31(28,29)26-11-9-15(10-12-26)19(27)23-21-25-24-20(30-21)16-3-2-4-17(22)13-16/h2-8,13,15H,9-12H2,1H3,(H,23,25,27). The summed E-state index contributed by atoms with van der Waals surface area (Å²) in [5, 5.41) is 10.2. The van der Waals surface area contributed by atoms with Gasteiger partial charge in [-0.25, -0.2) is 12.8 Å². The van der Waals surface area contributed by atoms with Gasteiger partial charge < -0.3 is 4.42 Å². The lowest BCUT2D eigenvalue weighted by atomic mass is 9.97. The number of rotatable bonds is 5. The molecule has 0 unspecified atom stereocenters. The number of nitrogens with zero attached hydrogens (tertiary/aromatic N) is 3. The van der Waals surface area contributed by atoms with Crippen molar-refractivity contribution in [1.82, 2.24) is 14.5 Å². The minimum absolute atomic E-state index is 0.0843. The number of piperidine rings is 1. The van der Waals surface area contributed by atoms with Crippen molar-refractivity contribution < 1.29 is 22.0 Å². The first-order valence-corrected chi connectivity index (χ1v) is 11.2. The number of amides is 1. The number of sulfonamides is 1. The minimum Gasteiger partial charge on any atom is -0.403 e. The van der Waals surface area contributed by atoms with E-state index in [2.05, 4.69) is 15.5 Å². The van der Waals surface area contributed by atoms with Crippen LogP contribution in [0.15, 0.2) is 57.8 Å². The number of hydrogen-bond acceptors (Lipinski definition) is 6. The molecule has 4 rings (SSSR count). The second-order valence-electron chi connectivity index (χ2n) is 7.40. The average Bonchev–Trinajstić information content (AvgIpc) is 3.23. The van der Waals surface area contributed by atoms with Crippen molar-refractivity contribution in [2.45, 2.75) is 24.7 Å². The van der Waals surface area contributed by atoms with Crippen LogP contribution in [0, 0.1) is 18.7 Å². The van der Waals surface area contributed by atoms with E-state index in [-0.39, 0.29) is 41.7 Å². The van der Waals surface area contributed by atoms with E-state index in [0.29, 0.717) is 18.4 Å². The second kappa shape index (κ2) is 8.56. The number of carbonyl (C=O) groups is 1. The summed E-state index contributed by atoms with van der Waals surface area (Å²) in [6.07, 6.45) is 0.754. The van der Waals surface area contributed by atoms with Gasteiger partial charge in [-0.2, -0.15) is 4.31 Å². The molecule has 2 aromatic carbocycles. The lowest BCUT2D eigenvalue weighted by Gasteiger charge is -2.30. The SMILES string of the molecule is Cc1ccc(S(=O)(=O)N2CCC(C(=O)Nc3nnc(-c4cccc(F)c4)o3)CC2)cc1. The molecule has 1 fully saturated rings. The lowest BCUT2D eigenvalue weighted by molar-refractivity contribution is -0.121. The Hall–Kier alpha value is -3.11. The molecule has 3 aromatic rings. The van der Waals surface area contributed by atoms with Crippen molar-refractivity contribution in [2.75, 3.05) is 18.4 Å². The molecule has 162 valence electrons. The first kappa shape index (κ1) is 21.1. The number of aryl methyl sites for hydroxylation is 1. The van der Waals surface area contributed by atoms with Crippen molar-refractivity contribution in [1.29, 1.82) is 0 Å².